The van der Waals surface area contributed by atoms with Crippen LogP contribution in [0.25, 0.3) is 0 Å². The Morgan fingerprint density at radius 3 is 0.558 bits per heavy atom. The van der Waals surface area contributed by atoms with Gasteiger partial charge in [0.05, 0.1) is 11.3 Å². The van der Waals surface area contributed by atoms with Crippen LogP contribution >= 0.6 is 0 Å². The zero-order valence-electron chi connectivity index (χ0n) is 82.4. The van der Waals surface area contributed by atoms with Gasteiger partial charge in [0.15, 0.2) is 0 Å². The molecule has 6 heteroatoms. The van der Waals surface area contributed by atoms with Crippen molar-refractivity contribution in [2.24, 2.45) is 147 Å². The van der Waals surface area contributed by atoms with E-state index in [1.165, 1.54) is 315 Å². The Kier molecular flexibility index (Phi) is 61.9. The largest absolute Gasteiger partial charge is 0.350 e. The van der Waals surface area contributed by atoms with E-state index in [-0.39, 0.29) is 5.91 Å². The first-order chi connectivity index (χ1) is 54.0. The van der Waals surface area contributed by atoms with Gasteiger partial charge < -0.3 is 5.32 Å². The number of carbonyl (C=O) groups is 1. The average Bonchev–Trinajstić information content (AvgIpc) is 1.62. The predicted molar refractivity (Wildman–Crippen MR) is 507 cm³/mol. The molecule has 0 aromatic heterocycles. The second kappa shape index (κ2) is 63.3. The molecular weight excluding hydrogens is 1400 g/mol. The third kappa shape index (κ3) is 46.4. The summed E-state index contributed by atoms with van der Waals surface area (Å²) in [6, 6.07) is 0. The third-order valence-corrected chi connectivity index (χ3v) is 34.0. The van der Waals surface area contributed by atoms with Crippen LogP contribution in [-0.4, -0.2) is 30.2 Å². The number of nitrogens with one attached hydrogen (secondary N) is 1. The van der Waals surface area contributed by atoms with E-state index >= 15 is 4.79 Å². The Hall–Kier alpha value is -0.620. The Morgan fingerprint density at radius 1 is 0.257 bits per heavy atom. The van der Waals surface area contributed by atoms with E-state index in [1.54, 1.807) is 0 Å². The van der Waals surface area contributed by atoms with E-state index in [0.29, 0.717) is 41.4 Å². The van der Waals surface area contributed by atoms with Crippen LogP contribution in [0.2, 0.25) is 0 Å². The van der Waals surface area contributed by atoms with E-state index < -0.39 is 26.8 Å². The van der Waals surface area contributed by atoms with E-state index in [1.807, 2.05) is 13.8 Å². The summed E-state index contributed by atoms with van der Waals surface area (Å²) in [6.07, 6.45) is 67.3. The summed E-state index contributed by atoms with van der Waals surface area (Å²) in [5.74, 6) is 16.8. The van der Waals surface area contributed by atoms with E-state index in [4.69, 9.17) is 0 Å². The summed E-state index contributed by atoms with van der Waals surface area (Å²) in [6.45, 7) is 66.3. The molecule has 0 bridgehead atoms. The standard InChI is InChI=1S/C107H213NO4S/c1-28-53-92(51-24)67-93(52-25)68-99(66-91(49-22)50-23)74-102(73-98(64-89(45-18)46-19)65-90(47-20)48-21)77-104(79-107(54-55-107)105(109)108-106(26,27)80-113(110,111)112)78-103(75-100(69-94(56-81(29-2)30-3)57-82(31-4)32-5)70-95(58-83(33-6)34-7)59-84(35-8)36-9)76-101(71-96(60-85(37-10)38-11)61-86(39-12)40-13)72-97(62-87(41-14)42-15)63-88(43-16)44-17/h81-104H,28-80H2,1-27H3,(H,108,109)(H,110,111,112). The minimum Gasteiger partial charge on any atom is -0.350 e. The van der Waals surface area contributed by atoms with Crippen molar-refractivity contribution in [3.8, 4) is 0 Å². The van der Waals surface area contributed by atoms with Gasteiger partial charge in [-0.25, -0.2) is 0 Å². The highest BCUT2D eigenvalue weighted by Gasteiger charge is 2.53. The fourth-order valence-corrected chi connectivity index (χ4v) is 25.3. The molecule has 0 aromatic carbocycles. The molecule has 1 aliphatic carbocycles. The lowest BCUT2D eigenvalue weighted by Gasteiger charge is -2.39. The fourth-order valence-electron chi connectivity index (χ4n) is 24.3. The van der Waals surface area contributed by atoms with E-state index in [9.17, 15) is 13.0 Å². The molecule has 1 saturated carbocycles. The summed E-state index contributed by atoms with van der Waals surface area (Å²) in [5.41, 5.74) is -1.63. The third-order valence-electron chi connectivity index (χ3n) is 32.9. The van der Waals surface area contributed by atoms with Gasteiger partial charge in [-0.05, 0) is 323 Å². The second-order valence-corrected chi connectivity index (χ2v) is 43.3. The molecule has 0 radical (unpaired) electrons. The smallest absolute Gasteiger partial charge is 0.267 e. The summed E-state index contributed by atoms with van der Waals surface area (Å²) < 4.78 is 36.3. The van der Waals surface area contributed by atoms with Crippen LogP contribution in [0.5, 0.6) is 0 Å². The van der Waals surface area contributed by atoms with Gasteiger partial charge in [-0.1, -0.05) is 340 Å². The Labute approximate surface area is 714 Å². The van der Waals surface area contributed by atoms with Crippen molar-refractivity contribution < 1.29 is 17.8 Å². The molecule has 0 heterocycles. The predicted octanol–water partition coefficient (Wildman–Crippen LogP) is 35.3. The highest BCUT2D eigenvalue weighted by Crippen LogP contribution is 2.55. The maximum Gasteiger partial charge on any atom is 0.267 e. The molecule has 1 rings (SSSR count). The Morgan fingerprint density at radius 2 is 0.407 bits per heavy atom. The number of hydrogen-bond donors (Lipinski definition) is 2. The highest BCUT2D eigenvalue weighted by molar-refractivity contribution is 7.85. The molecule has 0 aromatic rings. The molecule has 113 heavy (non-hydrogen) atoms. The molecule has 0 spiro atoms. The molecule has 1 aliphatic rings. The number of carbonyl (C=O) groups excluding carboxylic acids is 1. The van der Waals surface area contributed by atoms with Crippen LogP contribution in [0.1, 0.15) is 521 Å². The van der Waals surface area contributed by atoms with Crippen molar-refractivity contribution in [3.05, 3.63) is 0 Å². The Bertz CT molecular complexity index is 2070. The van der Waals surface area contributed by atoms with Gasteiger partial charge in [0.2, 0.25) is 5.91 Å². The molecule has 1 fully saturated rings. The first-order valence-corrected chi connectivity index (χ1v) is 53.9. The van der Waals surface area contributed by atoms with Gasteiger partial charge in [-0.15, -0.1) is 0 Å². The molecular formula is C107H213NO4S. The van der Waals surface area contributed by atoms with Crippen molar-refractivity contribution in [1.29, 1.82) is 0 Å². The van der Waals surface area contributed by atoms with Crippen LogP contribution < -0.4 is 5.32 Å². The minimum absolute atomic E-state index is 0.0582. The normalized spacial score (nSPS) is 15.5. The minimum atomic E-state index is -4.35. The van der Waals surface area contributed by atoms with Gasteiger partial charge in [0, 0.05) is 5.41 Å². The van der Waals surface area contributed by atoms with Gasteiger partial charge in [0.25, 0.3) is 10.1 Å². The first kappa shape index (κ1) is 110. The lowest BCUT2D eigenvalue weighted by molar-refractivity contribution is -0.128. The summed E-state index contributed by atoms with van der Waals surface area (Å²) in [4.78, 5) is 15.9. The van der Waals surface area contributed by atoms with Gasteiger partial charge in [0.1, 0.15) is 0 Å². The number of amides is 1. The SMILES string of the molecule is CCCC(CC)CC(CC)CC(CC(CC)CC)CC(CC(CC(CC)CC)CC(CC)CC)CC(CC(CC(CC(CC(CC)CC)CC(CC)CC)CC(CC(CC)CC)CC(CC)CC)CC(CC(CC(CC)CC)CC(CC)CC)CC(CC(CC)CC)CC(CC)CC)CC1(C(=O)NC(C)(C)CS(=O)(=O)O)CC1. The molecule has 1 amide bonds. The summed E-state index contributed by atoms with van der Waals surface area (Å²) in [7, 11) is -4.35. The monoisotopic (exact) mass is 1610 g/mol. The fraction of sp³-hybridized carbons (Fsp3) is 0.991. The Balaban J connectivity index is 5.43. The summed E-state index contributed by atoms with van der Waals surface area (Å²) in [5, 5.41) is 3.43. The van der Waals surface area contributed by atoms with Crippen molar-refractivity contribution in [2.45, 2.75) is 526 Å². The van der Waals surface area contributed by atoms with Crippen molar-refractivity contribution in [1.82, 2.24) is 5.32 Å². The zero-order chi connectivity index (χ0) is 85.1. The molecule has 0 aliphatic heterocycles. The van der Waals surface area contributed by atoms with Gasteiger partial charge in [-0.3, -0.25) is 9.35 Å². The lowest BCUT2D eigenvalue weighted by atomic mass is 9.66. The molecule has 5 unspecified atom stereocenters. The highest BCUT2D eigenvalue weighted by atomic mass is 32.2. The van der Waals surface area contributed by atoms with Crippen LogP contribution in [0.15, 0.2) is 0 Å². The van der Waals surface area contributed by atoms with Gasteiger partial charge in [-0.2, -0.15) is 8.42 Å². The van der Waals surface area contributed by atoms with Crippen molar-refractivity contribution >= 4 is 16.0 Å². The second-order valence-electron chi connectivity index (χ2n) is 41.8. The maximum atomic E-state index is 15.9. The maximum absolute atomic E-state index is 15.9. The van der Waals surface area contributed by atoms with Crippen molar-refractivity contribution in [2.75, 3.05) is 5.75 Å². The first-order valence-electron chi connectivity index (χ1n) is 52.2. The quantitative estimate of drug-likeness (QED) is 0.0595. The molecule has 5 atom stereocenters. The number of rotatable bonds is 78. The molecule has 0 saturated heterocycles. The van der Waals surface area contributed by atoms with E-state index in [2.05, 4.69) is 178 Å². The van der Waals surface area contributed by atoms with Crippen LogP contribution in [-0.2, 0) is 14.9 Å². The molecule has 2 N–H and O–H groups in total. The number of hydrogen-bond acceptors (Lipinski definition) is 3. The molecule has 676 valence electrons. The lowest BCUT2D eigenvalue weighted by Crippen LogP contribution is -2.51. The summed E-state index contributed by atoms with van der Waals surface area (Å²) >= 11 is 0. The van der Waals surface area contributed by atoms with Crippen LogP contribution in [0, 0.1) is 147 Å². The van der Waals surface area contributed by atoms with Gasteiger partial charge >= 0.3 is 0 Å². The topological polar surface area (TPSA) is 83.5 Å². The average molecular weight is 1610 g/mol. The zero-order valence-corrected chi connectivity index (χ0v) is 83.2. The van der Waals surface area contributed by atoms with E-state index in [0.717, 1.165) is 120 Å². The van der Waals surface area contributed by atoms with Crippen molar-refractivity contribution in [3.63, 3.8) is 0 Å². The van der Waals surface area contributed by atoms with Crippen LogP contribution in [0.4, 0.5) is 0 Å². The molecule has 5 nitrogen and oxygen atoms in total. The van der Waals surface area contributed by atoms with Crippen LogP contribution in [0.3, 0.4) is 0 Å².